The molecule has 0 aliphatic rings. The van der Waals surface area contributed by atoms with Crippen LogP contribution in [0.3, 0.4) is 0 Å². The summed E-state index contributed by atoms with van der Waals surface area (Å²) in [6, 6.07) is 5.38. The number of thiazole rings is 1. The average Bonchev–Trinajstić information content (AvgIpc) is 2.99. The number of amides is 1. The maximum atomic E-state index is 11.6. The molecule has 0 saturated carbocycles. The molecule has 1 atom stereocenters. The molecule has 1 aromatic carbocycles. The van der Waals surface area contributed by atoms with E-state index in [2.05, 4.69) is 37.0 Å². The third-order valence-corrected chi connectivity index (χ3v) is 5.34. The third-order valence-electron chi connectivity index (χ3n) is 4.45. The molecule has 2 aromatic rings. The maximum absolute atomic E-state index is 11.6. The standard InChI is InChI=1S/C21H28N2O4S/c1-13(2)7-18(20(24)25)23(21(26)27)6-5-17-12-28-19(22-17)11-16-9-14(3)8-15(4)10-16/h8-10,12-13,18H,5-7,11H2,1-4H3,(H,24,25)(H,26,27). The Morgan fingerprint density at radius 3 is 2.32 bits per heavy atom. The average molecular weight is 405 g/mol. The van der Waals surface area contributed by atoms with Crippen LogP contribution in [0.4, 0.5) is 4.79 Å². The van der Waals surface area contributed by atoms with E-state index in [4.69, 9.17) is 0 Å². The van der Waals surface area contributed by atoms with Gasteiger partial charge in [0.2, 0.25) is 0 Å². The van der Waals surface area contributed by atoms with Crippen molar-refractivity contribution in [2.75, 3.05) is 6.54 Å². The molecule has 0 spiro atoms. The van der Waals surface area contributed by atoms with Crippen LogP contribution < -0.4 is 0 Å². The van der Waals surface area contributed by atoms with Crippen molar-refractivity contribution in [3.8, 4) is 0 Å². The van der Waals surface area contributed by atoms with Crippen molar-refractivity contribution in [1.82, 2.24) is 9.88 Å². The number of rotatable bonds is 9. The fourth-order valence-electron chi connectivity index (χ4n) is 3.32. The lowest BCUT2D eigenvalue weighted by molar-refractivity contribution is -0.143. The molecule has 2 N–H and O–H groups in total. The number of carboxylic acids is 1. The van der Waals surface area contributed by atoms with Gasteiger partial charge in [0.25, 0.3) is 0 Å². The number of aryl methyl sites for hydroxylation is 2. The minimum absolute atomic E-state index is 0.0895. The lowest BCUT2D eigenvalue weighted by atomic mass is 10.0. The fourth-order valence-corrected chi connectivity index (χ4v) is 4.18. The lowest BCUT2D eigenvalue weighted by Gasteiger charge is -2.27. The smallest absolute Gasteiger partial charge is 0.408 e. The molecule has 0 aliphatic carbocycles. The predicted octanol–water partition coefficient (Wildman–Crippen LogP) is 4.37. The van der Waals surface area contributed by atoms with Gasteiger partial charge in [-0.1, -0.05) is 43.2 Å². The van der Waals surface area contributed by atoms with Crippen LogP contribution in [0.2, 0.25) is 0 Å². The van der Waals surface area contributed by atoms with Crippen LogP contribution in [0.25, 0.3) is 0 Å². The summed E-state index contributed by atoms with van der Waals surface area (Å²) in [5.74, 6) is -1.02. The maximum Gasteiger partial charge on any atom is 0.408 e. The van der Waals surface area contributed by atoms with Gasteiger partial charge in [-0.05, 0) is 31.7 Å². The Morgan fingerprint density at radius 2 is 1.79 bits per heavy atom. The van der Waals surface area contributed by atoms with Gasteiger partial charge < -0.3 is 10.2 Å². The van der Waals surface area contributed by atoms with Crippen LogP contribution >= 0.6 is 11.3 Å². The van der Waals surface area contributed by atoms with Crippen LogP contribution in [-0.4, -0.2) is 44.7 Å². The lowest BCUT2D eigenvalue weighted by Crippen LogP contribution is -2.46. The Kier molecular flexibility index (Phi) is 7.57. The molecular weight excluding hydrogens is 376 g/mol. The second-order valence-electron chi connectivity index (χ2n) is 7.61. The number of aromatic nitrogens is 1. The van der Waals surface area contributed by atoms with Crippen molar-refractivity contribution in [2.45, 2.75) is 53.0 Å². The molecule has 0 saturated heterocycles. The highest BCUT2D eigenvalue weighted by Crippen LogP contribution is 2.19. The molecule has 0 bridgehead atoms. The first-order chi connectivity index (χ1) is 13.2. The van der Waals surface area contributed by atoms with Gasteiger partial charge in [-0.2, -0.15) is 0 Å². The first-order valence-corrected chi connectivity index (χ1v) is 10.3. The zero-order valence-corrected chi connectivity index (χ0v) is 17.6. The van der Waals surface area contributed by atoms with Gasteiger partial charge in [0.15, 0.2) is 0 Å². The van der Waals surface area contributed by atoms with Gasteiger partial charge in [-0.25, -0.2) is 14.6 Å². The molecule has 0 aliphatic heterocycles. The van der Waals surface area contributed by atoms with Gasteiger partial charge in [-0.3, -0.25) is 4.90 Å². The Bertz CT molecular complexity index is 811. The zero-order valence-electron chi connectivity index (χ0n) is 16.8. The molecule has 1 aromatic heterocycles. The van der Waals surface area contributed by atoms with E-state index in [9.17, 15) is 19.8 Å². The molecule has 1 amide bonds. The molecule has 28 heavy (non-hydrogen) atoms. The van der Waals surface area contributed by atoms with Crippen LogP contribution in [0.5, 0.6) is 0 Å². The zero-order chi connectivity index (χ0) is 20.8. The van der Waals surface area contributed by atoms with Crippen LogP contribution in [0, 0.1) is 19.8 Å². The van der Waals surface area contributed by atoms with Gasteiger partial charge in [0.1, 0.15) is 6.04 Å². The van der Waals surface area contributed by atoms with E-state index >= 15 is 0 Å². The van der Waals surface area contributed by atoms with Crippen molar-refractivity contribution in [2.24, 2.45) is 5.92 Å². The summed E-state index contributed by atoms with van der Waals surface area (Å²) >= 11 is 1.55. The molecule has 7 heteroatoms. The van der Waals surface area contributed by atoms with E-state index in [1.807, 2.05) is 19.2 Å². The number of benzene rings is 1. The summed E-state index contributed by atoms with van der Waals surface area (Å²) in [6.45, 7) is 8.03. The number of carbonyl (C=O) groups is 2. The van der Waals surface area contributed by atoms with E-state index < -0.39 is 18.1 Å². The van der Waals surface area contributed by atoms with Gasteiger partial charge >= 0.3 is 12.1 Å². The van der Waals surface area contributed by atoms with Crippen molar-refractivity contribution in [3.05, 3.63) is 51.0 Å². The molecule has 1 heterocycles. The van der Waals surface area contributed by atoms with Gasteiger partial charge in [0, 0.05) is 24.8 Å². The molecule has 152 valence electrons. The summed E-state index contributed by atoms with van der Waals surface area (Å²) in [4.78, 5) is 28.8. The summed E-state index contributed by atoms with van der Waals surface area (Å²) in [5.41, 5.74) is 4.43. The summed E-state index contributed by atoms with van der Waals surface area (Å²) < 4.78 is 0. The van der Waals surface area contributed by atoms with E-state index in [1.165, 1.54) is 16.7 Å². The Morgan fingerprint density at radius 1 is 1.14 bits per heavy atom. The summed E-state index contributed by atoms with van der Waals surface area (Å²) in [7, 11) is 0. The molecule has 0 fully saturated rings. The van der Waals surface area contributed by atoms with Crippen molar-refractivity contribution in [3.63, 3.8) is 0 Å². The van der Waals surface area contributed by atoms with Crippen molar-refractivity contribution < 1.29 is 19.8 Å². The largest absolute Gasteiger partial charge is 0.480 e. The van der Waals surface area contributed by atoms with Gasteiger partial charge in [0.05, 0.1) is 10.7 Å². The SMILES string of the molecule is Cc1cc(C)cc(Cc2nc(CCN(C(=O)O)C(CC(C)C)C(=O)O)cs2)c1. The second-order valence-corrected chi connectivity index (χ2v) is 8.56. The van der Waals surface area contributed by atoms with Crippen LogP contribution in [-0.2, 0) is 17.6 Å². The van der Waals surface area contributed by atoms with Gasteiger partial charge in [-0.15, -0.1) is 11.3 Å². The third kappa shape index (κ3) is 6.34. The first kappa shape index (κ1) is 21.9. The minimum atomic E-state index is -1.21. The highest BCUT2D eigenvalue weighted by atomic mass is 32.1. The fraction of sp³-hybridized carbons (Fsp3) is 0.476. The molecular formula is C21H28N2O4S. The van der Waals surface area contributed by atoms with E-state index in [-0.39, 0.29) is 18.9 Å². The van der Waals surface area contributed by atoms with E-state index in [0.717, 1.165) is 22.0 Å². The Hall–Kier alpha value is -2.41. The van der Waals surface area contributed by atoms with E-state index in [1.54, 1.807) is 11.3 Å². The normalized spacial score (nSPS) is 12.2. The predicted molar refractivity (Wildman–Crippen MR) is 110 cm³/mol. The van der Waals surface area contributed by atoms with E-state index in [0.29, 0.717) is 6.42 Å². The number of carboxylic acid groups (broad SMARTS) is 2. The second kappa shape index (κ2) is 9.68. The topological polar surface area (TPSA) is 90.7 Å². The molecule has 0 radical (unpaired) electrons. The molecule has 2 rings (SSSR count). The molecule has 1 unspecified atom stereocenters. The Labute approximate surface area is 169 Å². The summed E-state index contributed by atoms with van der Waals surface area (Å²) in [6.07, 6.45) is 0.216. The quantitative estimate of drug-likeness (QED) is 0.647. The van der Waals surface area contributed by atoms with Crippen LogP contribution in [0.15, 0.2) is 23.6 Å². The van der Waals surface area contributed by atoms with Crippen molar-refractivity contribution >= 4 is 23.4 Å². The number of aliphatic carboxylic acids is 1. The highest BCUT2D eigenvalue weighted by molar-refractivity contribution is 7.09. The minimum Gasteiger partial charge on any atom is -0.480 e. The number of nitrogens with zero attached hydrogens (tertiary/aromatic N) is 2. The number of hydrogen-bond acceptors (Lipinski definition) is 4. The summed E-state index contributed by atoms with van der Waals surface area (Å²) in [5, 5.41) is 21.8. The monoisotopic (exact) mass is 404 g/mol. The number of hydrogen-bond donors (Lipinski definition) is 2. The first-order valence-electron chi connectivity index (χ1n) is 9.38. The molecule has 6 nitrogen and oxygen atoms in total. The van der Waals surface area contributed by atoms with Crippen LogP contribution in [0.1, 0.15) is 47.7 Å². The highest BCUT2D eigenvalue weighted by Gasteiger charge is 2.30. The Balaban J connectivity index is 2.04. The van der Waals surface area contributed by atoms with Crippen molar-refractivity contribution in [1.29, 1.82) is 0 Å².